The minimum atomic E-state index is -3.98. The van der Waals surface area contributed by atoms with Gasteiger partial charge in [-0.25, -0.2) is 0 Å². The van der Waals surface area contributed by atoms with E-state index in [0.717, 1.165) is 0 Å². The fraction of sp³-hybridized carbons (Fsp3) is 0.250. The molecule has 0 aliphatic carbocycles. The molecule has 2 N–H and O–H groups in total. The number of phenolic OH excluding ortho intramolecular Hbond substituents is 1. The first-order valence-electron chi connectivity index (χ1n) is 6.04. The van der Waals surface area contributed by atoms with Gasteiger partial charge in [-0.05, 0) is 18.2 Å². The lowest BCUT2D eigenvalue weighted by Crippen LogP contribution is -2.23. The van der Waals surface area contributed by atoms with E-state index in [4.69, 9.17) is 4.74 Å². The molecule has 1 heterocycles. The third-order valence-corrected chi connectivity index (χ3v) is 3.51. The van der Waals surface area contributed by atoms with Gasteiger partial charge in [0.2, 0.25) is 5.84 Å². The maximum atomic E-state index is 11.8. The van der Waals surface area contributed by atoms with Crippen LogP contribution in [0, 0.1) is 0 Å². The number of benzene rings is 1. The molecule has 0 saturated heterocycles. The minimum Gasteiger partial charge on any atom is -0.506 e. The van der Waals surface area contributed by atoms with Crippen molar-refractivity contribution in [1.29, 1.82) is 0 Å². The molecule has 2 rings (SSSR count). The molecule has 0 atom stereocenters. The number of rotatable bonds is 2. The highest BCUT2D eigenvalue weighted by atomic mass is 32.2. The van der Waals surface area contributed by atoms with Crippen LogP contribution in [0.5, 0.6) is 5.75 Å². The molecule has 0 aromatic heterocycles. The van der Waals surface area contributed by atoms with Crippen molar-refractivity contribution in [3.8, 4) is 5.75 Å². The van der Waals surface area contributed by atoms with E-state index in [1.54, 1.807) is 14.1 Å². The molecule has 0 radical (unpaired) electrons. The van der Waals surface area contributed by atoms with Gasteiger partial charge < -0.3 is 20.1 Å². The van der Waals surface area contributed by atoms with E-state index in [2.05, 4.69) is 14.1 Å². The lowest BCUT2D eigenvalue weighted by Gasteiger charge is -2.12. The first-order valence-corrected chi connectivity index (χ1v) is 7.44. The molecule has 1 aromatic rings. The van der Waals surface area contributed by atoms with Crippen LogP contribution in [0.25, 0.3) is 0 Å². The number of methoxy groups -OCH3 is 1. The Balaban J connectivity index is 2.29. The summed E-state index contributed by atoms with van der Waals surface area (Å²) < 4.78 is 34.0. The van der Waals surface area contributed by atoms with Crippen molar-refractivity contribution in [1.82, 2.24) is 4.90 Å². The first-order chi connectivity index (χ1) is 10.2. The van der Waals surface area contributed by atoms with Gasteiger partial charge in [-0.1, -0.05) is 0 Å². The second-order valence-electron chi connectivity index (χ2n) is 4.54. The molecule has 0 unspecified atom stereocenters. The van der Waals surface area contributed by atoms with Crippen LogP contribution in [0.1, 0.15) is 10.4 Å². The topological polar surface area (TPSA) is 121 Å². The molecule has 118 valence electrons. The van der Waals surface area contributed by atoms with Gasteiger partial charge in [0.15, 0.2) is 0 Å². The number of amides is 1. The van der Waals surface area contributed by atoms with Gasteiger partial charge in [-0.2, -0.15) is 8.42 Å². The van der Waals surface area contributed by atoms with Gasteiger partial charge in [-0.15, -0.1) is 8.80 Å². The quantitative estimate of drug-likeness (QED) is 0.749. The predicted molar refractivity (Wildman–Crippen MR) is 80.5 cm³/mol. The van der Waals surface area contributed by atoms with Gasteiger partial charge in [-0.3, -0.25) is 4.79 Å². The number of nitrogens with zero attached hydrogens (tertiary/aromatic N) is 3. The number of carbonyl (C=O) groups is 1. The molecule has 1 amide bonds. The van der Waals surface area contributed by atoms with Crippen molar-refractivity contribution in [3.05, 3.63) is 23.8 Å². The van der Waals surface area contributed by atoms with Gasteiger partial charge in [0, 0.05) is 19.7 Å². The monoisotopic (exact) mass is 326 g/mol. The number of phenols is 1. The summed E-state index contributed by atoms with van der Waals surface area (Å²) in [6, 6.07) is 4.17. The molecule has 0 saturated carbocycles. The minimum absolute atomic E-state index is 0.149. The molecule has 9 nitrogen and oxygen atoms in total. The third kappa shape index (κ3) is 3.17. The Morgan fingerprint density at radius 3 is 2.55 bits per heavy atom. The van der Waals surface area contributed by atoms with Crippen LogP contribution >= 0.6 is 0 Å². The van der Waals surface area contributed by atoms with Crippen LogP contribution in [-0.2, 0) is 14.9 Å². The van der Waals surface area contributed by atoms with Crippen LogP contribution in [0.2, 0.25) is 0 Å². The normalized spacial score (nSPS) is 15.8. The van der Waals surface area contributed by atoms with E-state index in [-0.39, 0.29) is 34.6 Å². The second kappa shape index (κ2) is 5.64. The second-order valence-corrected chi connectivity index (χ2v) is 5.81. The van der Waals surface area contributed by atoms with E-state index in [1.165, 1.54) is 30.2 Å². The Bertz CT molecular complexity index is 783. The maximum Gasteiger partial charge on any atom is 0.368 e. The standard InChI is InChI=1S/C12H14N4O5S/c1-16(2)12(18)7-4-5-8(9(17)6-7)13-10-11(21-3)15-22(19,20)14-10/h4-6,17H,1-3H3,(H,13,14). The molecule has 1 aromatic carbocycles. The smallest absolute Gasteiger partial charge is 0.368 e. The van der Waals surface area contributed by atoms with Gasteiger partial charge in [0.1, 0.15) is 5.75 Å². The first kappa shape index (κ1) is 15.8. The van der Waals surface area contributed by atoms with Crippen LogP contribution in [0.15, 0.2) is 27.0 Å². The maximum absolute atomic E-state index is 11.8. The van der Waals surface area contributed by atoms with Crippen molar-refractivity contribution in [2.45, 2.75) is 0 Å². The molecular weight excluding hydrogens is 312 g/mol. The van der Waals surface area contributed by atoms with Crippen LogP contribution in [0.3, 0.4) is 0 Å². The number of amidine groups is 1. The van der Waals surface area contributed by atoms with Crippen LogP contribution in [-0.4, -0.2) is 57.3 Å². The summed E-state index contributed by atoms with van der Waals surface area (Å²) in [5.41, 5.74) is 0.450. The average molecular weight is 326 g/mol. The molecule has 22 heavy (non-hydrogen) atoms. The lowest BCUT2D eigenvalue weighted by atomic mass is 10.1. The molecular formula is C12H14N4O5S. The molecule has 1 aliphatic heterocycles. The Kier molecular flexibility index (Phi) is 4.04. The van der Waals surface area contributed by atoms with Crippen molar-refractivity contribution < 1.29 is 23.1 Å². The van der Waals surface area contributed by atoms with E-state index in [0.29, 0.717) is 0 Å². The highest BCUT2D eigenvalue weighted by Crippen LogP contribution is 2.25. The van der Waals surface area contributed by atoms with E-state index in [9.17, 15) is 18.3 Å². The van der Waals surface area contributed by atoms with Crippen molar-refractivity contribution in [3.63, 3.8) is 0 Å². The summed E-state index contributed by atoms with van der Waals surface area (Å²) in [6.07, 6.45) is 0. The van der Waals surface area contributed by atoms with Crippen LogP contribution < -0.4 is 5.32 Å². The molecule has 0 bridgehead atoms. The van der Waals surface area contributed by atoms with Gasteiger partial charge in [0.05, 0.1) is 12.8 Å². The number of hydrogen-bond acceptors (Lipinski definition) is 6. The summed E-state index contributed by atoms with van der Waals surface area (Å²) in [5, 5.41) is 12.6. The molecule has 0 fully saturated rings. The van der Waals surface area contributed by atoms with Gasteiger partial charge in [0.25, 0.3) is 11.8 Å². The Morgan fingerprint density at radius 1 is 1.32 bits per heavy atom. The highest BCUT2D eigenvalue weighted by molar-refractivity contribution is 7.89. The summed E-state index contributed by atoms with van der Waals surface area (Å²) in [7, 11) is 0.446. The summed E-state index contributed by atoms with van der Waals surface area (Å²) in [4.78, 5) is 13.2. The number of aromatic hydroxyl groups is 1. The van der Waals surface area contributed by atoms with Crippen molar-refractivity contribution in [2.24, 2.45) is 8.80 Å². The Labute approximate surface area is 127 Å². The Morgan fingerprint density at radius 2 is 2.00 bits per heavy atom. The fourth-order valence-electron chi connectivity index (χ4n) is 1.69. The summed E-state index contributed by atoms with van der Waals surface area (Å²) >= 11 is 0. The van der Waals surface area contributed by atoms with E-state index in [1.807, 2.05) is 0 Å². The SMILES string of the molecule is COC1=NS(=O)(=O)N=C1Nc1ccc(C(=O)N(C)C)cc1O. The zero-order chi connectivity index (χ0) is 16.5. The van der Waals surface area contributed by atoms with Gasteiger partial charge >= 0.3 is 10.2 Å². The summed E-state index contributed by atoms with van der Waals surface area (Å²) in [5.74, 6) is -0.880. The predicted octanol–water partition coefficient (Wildman–Crippen LogP) is 0.208. The average Bonchev–Trinajstić information content (AvgIpc) is 2.74. The van der Waals surface area contributed by atoms with Crippen molar-refractivity contribution in [2.75, 3.05) is 26.5 Å². The zero-order valence-corrected chi connectivity index (χ0v) is 12.9. The fourth-order valence-corrected chi connectivity index (χ4v) is 2.46. The van der Waals surface area contributed by atoms with Crippen molar-refractivity contribution >= 4 is 33.5 Å². The lowest BCUT2D eigenvalue weighted by molar-refractivity contribution is 0.0827. The molecule has 0 spiro atoms. The highest BCUT2D eigenvalue weighted by Gasteiger charge is 2.26. The Hall–Kier alpha value is -2.62. The van der Waals surface area contributed by atoms with Crippen LogP contribution in [0.4, 0.5) is 5.69 Å². The molecule has 1 aliphatic rings. The number of ether oxygens (including phenoxy) is 1. The summed E-state index contributed by atoms with van der Waals surface area (Å²) in [6.45, 7) is 0. The van der Waals surface area contributed by atoms with E-state index >= 15 is 0 Å². The zero-order valence-electron chi connectivity index (χ0n) is 12.1. The third-order valence-electron chi connectivity index (χ3n) is 2.70. The molecule has 10 heteroatoms. The number of carbonyl (C=O) groups excluding carboxylic acids is 1. The number of hydrogen-bond donors (Lipinski definition) is 2. The van der Waals surface area contributed by atoms with E-state index < -0.39 is 10.2 Å². The largest absolute Gasteiger partial charge is 0.506 e. The number of nitrogens with one attached hydrogen (secondary N) is 1. The number of anilines is 1.